The van der Waals surface area contributed by atoms with Gasteiger partial charge in [0.05, 0.1) is 4.34 Å². The molecule has 1 saturated carbocycles. The van der Waals surface area contributed by atoms with E-state index in [1.165, 1.54) is 10.4 Å². The van der Waals surface area contributed by atoms with E-state index in [1.54, 1.807) is 35.2 Å². The lowest BCUT2D eigenvalue weighted by Gasteiger charge is -2.33. The van der Waals surface area contributed by atoms with E-state index in [0.717, 1.165) is 24.2 Å². The van der Waals surface area contributed by atoms with Gasteiger partial charge in [-0.25, -0.2) is 8.42 Å². The number of nitrogens with zero attached hydrogens (tertiary/aromatic N) is 2. The Kier molecular flexibility index (Phi) is 5.65. The molecule has 2 fully saturated rings. The highest BCUT2D eigenvalue weighted by Gasteiger charge is 2.32. The van der Waals surface area contributed by atoms with Gasteiger partial charge in [0.2, 0.25) is 5.91 Å². The first-order chi connectivity index (χ1) is 13.8. The second-order valence-electron chi connectivity index (χ2n) is 7.10. The number of amides is 2. The highest BCUT2D eigenvalue weighted by atomic mass is 35.5. The Balaban J connectivity index is 1.35. The molecule has 7 nitrogen and oxygen atoms in total. The van der Waals surface area contributed by atoms with Gasteiger partial charge in [-0.3, -0.25) is 9.59 Å². The molecule has 1 aliphatic carbocycles. The van der Waals surface area contributed by atoms with E-state index in [1.807, 2.05) is 0 Å². The second-order valence-corrected chi connectivity index (χ2v) is 11.0. The van der Waals surface area contributed by atoms with Crippen molar-refractivity contribution >= 4 is 50.5 Å². The van der Waals surface area contributed by atoms with Crippen molar-refractivity contribution in [1.29, 1.82) is 0 Å². The quantitative estimate of drug-likeness (QED) is 0.754. The molecule has 0 bridgehead atoms. The molecule has 10 heteroatoms. The molecule has 1 saturated heterocycles. The average Bonchev–Trinajstić information content (AvgIpc) is 3.48. The van der Waals surface area contributed by atoms with Crippen LogP contribution in [0, 0.1) is 5.92 Å². The van der Waals surface area contributed by atoms with Crippen molar-refractivity contribution in [3.05, 3.63) is 46.3 Å². The monoisotopic (exact) mass is 453 g/mol. The molecule has 1 aromatic carbocycles. The normalized spacial score (nSPS) is 17.9. The molecule has 1 aromatic heterocycles. The summed E-state index contributed by atoms with van der Waals surface area (Å²) < 4.78 is 27.4. The summed E-state index contributed by atoms with van der Waals surface area (Å²) >= 11 is 6.88. The number of halogens is 1. The third kappa shape index (κ3) is 4.48. The maximum absolute atomic E-state index is 12.7. The van der Waals surface area contributed by atoms with E-state index in [-0.39, 0.29) is 35.0 Å². The number of piperazine rings is 1. The average molecular weight is 454 g/mol. The van der Waals surface area contributed by atoms with E-state index < -0.39 is 10.0 Å². The van der Waals surface area contributed by atoms with Crippen molar-refractivity contribution in [2.75, 3.05) is 31.5 Å². The molecule has 0 unspecified atom stereocenters. The van der Waals surface area contributed by atoms with Crippen molar-refractivity contribution in [2.45, 2.75) is 17.1 Å². The summed E-state index contributed by atoms with van der Waals surface area (Å²) in [6.07, 6.45) is 1.87. The number of carbonyl (C=O) groups is 2. The molecule has 2 heterocycles. The summed E-state index contributed by atoms with van der Waals surface area (Å²) in [6.45, 7) is 1.10. The van der Waals surface area contributed by atoms with Gasteiger partial charge < -0.3 is 10.2 Å². The lowest BCUT2D eigenvalue weighted by molar-refractivity contribution is -0.117. The van der Waals surface area contributed by atoms with E-state index in [4.69, 9.17) is 11.6 Å². The predicted molar refractivity (Wildman–Crippen MR) is 112 cm³/mol. The van der Waals surface area contributed by atoms with Gasteiger partial charge in [0, 0.05) is 43.3 Å². The Morgan fingerprint density at radius 2 is 1.66 bits per heavy atom. The first kappa shape index (κ1) is 20.3. The van der Waals surface area contributed by atoms with Crippen LogP contribution in [0.2, 0.25) is 4.34 Å². The molecule has 0 atom stereocenters. The van der Waals surface area contributed by atoms with Crippen LogP contribution >= 0.6 is 22.9 Å². The van der Waals surface area contributed by atoms with Gasteiger partial charge in [0.1, 0.15) is 4.21 Å². The predicted octanol–water partition coefficient (Wildman–Crippen LogP) is 2.90. The highest BCUT2D eigenvalue weighted by Crippen LogP contribution is 2.30. The third-order valence-electron chi connectivity index (χ3n) is 5.02. The van der Waals surface area contributed by atoms with Crippen LogP contribution in [0.3, 0.4) is 0 Å². The first-order valence-electron chi connectivity index (χ1n) is 9.30. The molecule has 1 N–H and O–H groups in total. The van der Waals surface area contributed by atoms with Gasteiger partial charge in [0.15, 0.2) is 0 Å². The van der Waals surface area contributed by atoms with Gasteiger partial charge in [-0.15, -0.1) is 11.3 Å². The number of thiophene rings is 1. The van der Waals surface area contributed by atoms with Crippen LogP contribution in [0.15, 0.2) is 40.6 Å². The van der Waals surface area contributed by atoms with Gasteiger partial charge in [-0.05, 0) is 49.2 Å². The Bertz CT molecular complexity index is 1020. The zero-order valence-electron chi connectivity index (χ0n) is 15.5. The molecule has 29 heavy (non-hydrogen) atoms. The smallest absolute Gasteiger partial charge is 0.253 e. The summed E-state index contributed by atoms with van der Waals surface area (Å²) in [5.41, 5.74) is 1.18. The number of carbonyl (C=O) groups excluding carboxylic acids is 2. The summed E-state index contributed by atoms with van der Waals surface area (Å²) in [5, 5.41) is 2.84. The zero-order valence-corrected chi connectivity index (χ0v) is 17.9. The van der Waals surface area contributed by atoms with Gasteiger partial charge >= 0.3 is 0 Å². The van der Waals surface area contributed by atoms with Crippen LogP contribution in [-0.2, 0) is 14.8 Å². The maximum Gasteiger partial charge on any atom is 0.253 e. The summed E-state index contributed by atoms with van der Waals surface area (Å²) in [6, 6.07) is 9.87. The minimum absolute atomic E-state index is 0.0217. The molecule has 2 aromatic rings. The van der Waals surface area contributed by atoms with Crippen LogP contribution in [-0.4, -0.2) is 55.6 Å². The molecule has 2 amide bonds. The fraction of sp³-hybridized carbons (Fsp3) is 0.368. The minimum atomic E-state index is -3.58. The van der Waals surface area contributed by atoms with Gasteiger partial charge in [0.25, 0.3) is 15.9 Å². The molecular weight excluding hydrogens is 434 g/mol. The zero-order chi connectivity index (χ0) is 20.6. The van der Waals surface area contributed by atoms with Gasteiger partial charge in [-0.2, -0.15) is 4.31 Å². The fourth-order valence-electron chi connectivity index (χ4n) is 3.16. The molecule has 4 rings (SSSR count). The van der Waals surface area contributed by atoms with Gasteiger partial charge in [-0.1, -0.05) is 11.6 Å². The first-order valence-corrected chi connectivity index (χ1v) is 11.9. The SMILES string of the molecule is O=C(Nc1ccc(C(=O)N2CCN(S(=O)(=O)c3ccc(Cl)s3)CC2)cc1)C1CC1. The van der Waals surface area contributed by atoms with Crippen molar-refractivity contribution in [2.24, 2.45) is 5.92 Å². The topological polar surface area (TPSA) is 86.8 Å². The van der Waals surface area contributed by atoms with Crippen LogP contribution < -0.4 is 5.32 Å². The number of hydrogen-bond donors (Lipinski definition) is 1. The van der Waals surface area contributed by atoms with Crippen LogP contribution in [0.25, 0.3) is 0 Å². The number of rotatable bonds is 5. The standard InChI is InChI=1S/C19H20ClN3O4S2/c20-16-7-8-17(28-16)29(26,27)23-11-9-22(10-12-23)19(25)14-3-5-15(6-4-14)21-18(24)13-1-2-13/h3-8,13H,1-2,9-12H2,(H,21,24). The van der Waals surface area contributed by atoms with Crippen LogP contribution in [0.5, 0.6) is 0 Å². The molecule has 0 radical (unpaired) electrons. The molecule has 1 aliphatic heterocycles. The Hall–Kier alpha value is -1.94. The van der Waals surface area contributed by atoms with Crippen LogP contribution in [0.1, 0.15) is 23.2 Å². The molecular formula is C19H20ClN3O4S2. The second kappa shape index (κ2) is 8.06. The number of nitrogens with one attached hydrogen (secondary N) is 1. The Labute approximate surface area is 178 Å². The van der Waals surface area contributed by atoms with Crippen molar-refractivity contribution < 1.29 is 18.0 Å². The number of benzene rings is 1. The maximum atomic E-state index is 12.7. The van der Waals surface area contributed by atoms with Crippen molar-refractivity contribution in [3.63, 3.8) is 0 Å². The highest BCUT2D eigenvalue weighted by molar-refractivity contribution is 7.91. The largest absolute Gasteiger partial charge is 0.336 e. The Morgan fingerprint density at radius 1 is 1.00 bits per heavy atom. The summed E-state index contributed by atoms with van der Waals surface area (Å²) in [7, 11) is -3.58. The summed E-state index contributed by atoms with van der Waals surface area (Å²) in [4.78, 5) is 26.2. The Morgan fingerprint density at radius 3 is 2.21 bits per heavy atom. The van der Waals surface area contributed by atoms with E-state index in [9.17, 15) is 18.0 Å². The number of anilines is 1. The lowest BCUT2D eigenvalue weighted by Crippen LogP contribution is -2.50. The third-order valence-corrected chi connectivity index (χ3v) is 8.61. The number of sulfonamides is 1. The lowest BCUT2D eigenvalue weighted by atomic mass is 10.1. The van der Waals surface area contributed by atoms with Crippen molar-refractivity contribution in [3.8, 4) is 0 Å². The van der Waals surface area contributed by atoms with E-state index in [0.29, 0.717) is 28.7 Å². The molecule has 154 valence electrons. The van der Waals surface area contributed by atoms with E-state index in [2.05, 4.69) is 5.32 Å². The molecule has 0 spiro atoms. The van der Waals surface area contributed by atoms with Crippen LogP contribution in [0.4, 0.5) is 5.69 Å². The number of hydrogen-bond acceptors (Lipinski definition) is 5. The molecule has 2 aliphatic rings. The van der Waals surface area contributed by atoms with E-state index >= 15 is 0 Å². The fourth-order valence-corrected chi connectivity index (χ4v) is 6.22. The minimum Gasteiger partial charge on any atom is -0.336 e. The summed E-state index contributed by atoms with van der Waals surface area (Å²) in [5.74, 6) is -0.0104. The van der Waals surface area contributed by atoms with Crippen molar-refractivity contribution in [1.82, 2.24) is 9.21 Å².